The van der Waals surface area contributed by atoms with Gasteiger partial charge in [-0.05, 0) is 6.92 Å². The van der Waals surface area contributed by atoms with Gasteiger partial charge in [0.25, 0.3) is 0 Å². The van der Waals surface area contributed by atoms with E-state index in [4.69, 9.17) is 9.47 Å². The van der Waals surface area contributed by atoms with Gasteiger partial charge in [-0.2, -0.15) is 0 Å². The number of methoxy groups -OCH3 is 2. The summed E-state index contributed by atoms with van der Waals surface area (Å²) in [6, 6.07) is 7.75. The van der Waals surface area contributed by atoms with Crippen molar-refractivity contribution in [3.05, 3.63) is 41.5 Å². The van der Waals surface area contributed by atoms with Crippen molar-refractivity contribution in [1.29, 1.82) is 0 Å². The van der Waals surface area contributed by atoms with Crippen molar-refractivity contribution in [3.63, 3.8) is 0 Å². The molecule has 4 nitrogen and oxygen atoms in total. The summed E-state index contributed by atoms with van der Waals surface area (Å²) in [6.45, 7) is 2.36. The Labute approximate surface area is 106 Å². The lowest BCUT2D eigenvalue weighted by molar-refractivity contribution is -0.134. The highest BCUT2D eigenvalue weighted by atomic mass is 16.5. The minimum absolute atomic E-state index is 0.419. The number of hydrogen-bond acceptors (Lipinski definition) is 4. The van der Waals surface area contributed by atoms with E-state index in [0.29, 0.717) is 12.4 Å². The Morgan fingerprint density at radius 2 is 2.11 bits per heavy atom. The molecule has 96 valence electrons. The molecule has 0 N–H and O–H groups in total. The third-order valence-corrected chi connectivity index (χ3v) is 2.97. The third kappa shape index (κ3) is 2.11. The number of fused-ring (bicyclic) bond motifs is 1. The van der Waals surface area contributed by atoms with Crippen LogP contribution < -0.4 is 0 Å². The van der Waals surface area contributed by atoms with Gasteiger partial charge < -0.3 is 14.2 Å². The second kappa shape index (κ2) is 4.82. The molecule has 4 heteroatoms. The molecule has 2 rings (SSSR count). The van der Waals surface area contributed by atoms with E-state index < -0.39 is 11.6 Å². The van der Waals surface area contributed by atoms with Crippen LogP contribution in [-0.4, -0.2) is 26.8 Å². The highest BCUT2D eigenvalue weighted by Crippen LogP contribution is 2.42. The van der Waals surface area contributed by atoms with Crippen LogP contribution in [0.1, 0.15) is 18.1 Å². The van der Waals surface area contributed by atoms with Crippen molar-refractivity contribution in [2.24, 2.45) is 0 Å². The van der Waals surface area contributed by atoms with Crippen LogP contribution >= 0.6 is 0 Å². The molecule has 0 radical (unpaired) electrons. The predicted molar refractivity (Wildman–Crippen MR) is 66.7 cm³/mol. The van der Waals surface area contributed by atoms with E-state index >= 15 is 0 Å². The van der Waals surface area contributed by atoms with Crippen molar-refractivity contribution >= 4 is 11.7 Å². The summed E-state index contributed by atoms with van der Waals surface area (Å²) in [7, 11) is 2.97. The predicted octanol–water partition coefficient (Wildman–Crippen LogP) is 2.09. The maximum Gasteiger partial charge on any atom is 0.334 e. The van der Waals surface area contributed by atoms with Gasteiger partial charge in [-0.3, -0.25) is 0 Å². The smallest absolute Gasteiger partial charge is 0.334 e. The molecule has 0 aromatic heterocycles. The van der Waals surface area contributed by atoms with Crippen molar-refractivity contribution in [3.8, 4) is 0 Å². The summed E-state index contributed by atoms with van der Waals surface area (Å²) in [4.78, 5) is 11.3. The number of esters is 1. The fraction of sp³-hybridized carbons (Fsp3) is 0.357. The summed E-state index contributed by atoms with van der Waals surface area (Å²) in [5, 5.41) is 0. The molecular formula is C14H16O4. The first-order valence-electron chi connectivity index (χ1n) is 5.68. The first-order chi connectivity index (χ1) is 8.60. The van der Waals surface area contributed by atoms with Gasteiger partial charge in [-0.15, -0.1) is 0 Å². The maximum atomic E-state index is 11.3. The zero-order valence-corrected chi connectivity index (χ0v) is 10.7. The number of carbonyl (C=O) groups is 1. The highest BCUT2D eigenvalue weighted by molar-refractivity contribution is 5.91. The van der Waals surface area contributed by atoms with Crippen LogP contribution in [0, 0.1) is 0 Å². The summed E-state index contributed by atoms with van der Waals surface area (Å²) >= 11 is 0. The van der Waals surface area contributed by atoms with Gasteiger partial charge in [0.1, 0.15) is 5.76 Å². The lowest BCUT2D eigenvalue weighted by Gasteiger charge is -2.23. The molecule has 1 atom stereocenters. The van der Waals surface area contributed by atoms with E-state index in [0.717, 1.165) is 11.1 Å². The Hall–Kier alpha value is -1.81. The highest BCUT2D eigenvalue weighted by Gasteiger charge is 2.39. The second-order valence-corrected chi connectivity index (χ2v) is 4.34. The molecule has 0 bridgehead atoms. The number of hydrogen-bond donors (Lipinski definition) is 0. The summed E-state index contributed by atoms with van der Waals surface area (Å²) in [5.74, 6) is 0.0958. The van der Waals surface area contributed by atoms with Crippen LogP contribution in [0.2, 0.25) is 0 Å². The molecule has 0 amide bonds. The summed E-state index contributed by atoms with van der Waals surface area (Å²) in [5.41, 5.74) is 1.36. The zero-order chi connectivity index (χ0) is 13.2. The lowest BCUT2D eigenvalue weighted by atomic mass is 9.94. The zero-order valence-electron chi connectivity index (χ0n) is 10.7. The Morgan fingerprint density at radius 3 is 2.78 bits per heavy atom. The van der Waals surface area contributed by atoms with Gasteiger partial charge in [0.2, 0.25) is 0 Å². The van der Waals surface area contributed by atoms with Gasteiger partial charge >= 0.3 is 5.97 Å². The van der Waals surface area contributed by atoms with Crippen LogP contribution in [0.4, 0.5) is 0 Å². The van der Waals surface area contributed by atoms with Gasteiger partial charge in [-0.25, -0.2) is 4.79 Å². The minimum atomic E-state index is -0.564. The number of rotatable bonds is 3. The van der Waals surface area contributed by atoms with E-state index in [2.05, 4.69) is 4.74 Å². The molecule has 1 aromatic rings. The number of carbonyl (C=O) groups excluding carboxylic acids is 1. The van der Waals surface area contributed by atoms with E-state index in [1.54, 1.807) is 7.11 Å². The average molecular weight is 248 g/mol. The van der Waals surface area contributed by atoms with E-state index in [1.807, 2.05) is 31.2 Å². The normalized spacial score (nSPS) is 23.6. The quantitative estimate of drug-likeness (QED) is 0.607. The van der Waals surface area contributed by atoms with Crippen LogP contribution in [0.5, 0.6) is 0 Å². The van der Waals surface area contributed by atoms with E-state index in [1.165, 1.54) is 13.2 Å². The molecule has 1 heterocycles. The molecule has 0 saturated heterocycles. The minimum Gasteiger partial charge on any atom is -0.479 e. The summed E-state index contributed by atoms with van der Waals surface area (Å²) < 4.78 is 15.7. The van der Waals surface area contributed by atoms with Crippen LogP contribution in [0.25, 0.3) is 5.76 Å². The first-order valence-corrected chi connectivity index (χ1v) is 5.68. The van der Waals surface area contributed by atoms with E-state index in [9.17, 15) is 4.79 Å². The molecule has 1 unspecified atom stereocenters. The summed E-state index contributed by atoms with van der Waals surface area (Å²) in [6.07, 6.45) is 1.36. The Morgan fingerprint density at radius 1 is 1.39 bits per heavy atom. The average Bonchev–Trinajstić information content (AvgIpc) is 2.64. The molecule has 1 aromatic carbocycles. The van der Waals surface area contributed by atoms with Crippen molar-refractivity contribution in [2.75, 3.05) is 20.8 Å². The molecule has 0 aliphatic carbocycles. The Balaban J connectivity index is 2.45. The monoisotopic (exact) mass is 248 g/mol. The molecule has 1 aliphatic rings. The largest absolute Gasteiger partial charge is 0.479 e. The SMILES string of the molecule is COCC1(C)O/C(=C\C(=O)OC)c2ccccc21. The third-order valence-electron chi connectivity index (χ3n) is 2.97. The standard InChI is InChI=1S/C14H16O4/c1-14(9-16-2)11-7-5-4-6-10(11)12(18-14)8-13(15)17-3/h4-8H,9H2,1-3H3/b12-8-. The van der Waals surface area contributed by atoms with E-state index in [-0.39, 0.29) is 0 Å². The number of benzene rings is 1. The van der Waals surface area contributed by atoms with Gasteiger partial charge in [0, 0.05) is 18.2 Å². The molecule has 1 aliphatic heterocycles. The van der Waals surface area contributed by atoms with Gasteiger partial charge in [0.15, 0.2) is 5.60 Å². The van der Waals surface area contributed by atoms with Crippen molar-refractivity contribution in [2.45, 2.75) is 12.5 Å². The van der Waals surface area contributed by atoms with Crippen molar-refractivity contribution < 1.29 is 19.0 Å². The lowest BCUT2D eigenvalue weighted by Crippen LogP contribution is -2.26. The molecule has 0 spiro atoms. The number of ether oxygens (including phenoxy) is 3. The fourth-order valence-corrected chi connectivity index (χ4v) is 2.17. The molecule has 0 fully saturated rings. The van der Waals surface area contributed by atoms with Crippen LogP contribution in [0.3, 0.4) is 0 Å². The maximum absolute atomic E-state index is 11.3. The molecule has 0 saturated carbocycles. The van der Waals surface area contributed by atoms with Gasteiger partial charge in [-0.1, -0.05) is 24.3 Å². The van der Waals surface area contributed by atoms with Crippen LogP contribution in [-0.2, 0) is 24.6 Å². The van der Waals surface area contributed by atoms with Crippen molar-refractivity contribution in [1.82, 2.24) is 0 Å². The van der Waals surface area contributed by atoms with Gasteiger partial charge in [0.05, 0.1) is 19.8 Å². The molecular weight excluding hydrogens is 232 g/mol. The topological polar surface area (TPSA) is 44.8 Å². The van der Waals surface area contributed by atoms with Crippen LogP contribution in [0.15, 0.2) is 30.3 Å². The Bertz CT molecular complexity index is 492. The fourth-order valence-electron chi connectivity index (χ4n) is 2.17. The second-order valence-electron chi connectivity index (χ2n) is 4.34. The first kappa shape index (κ1) is 12.6. The Kier molecular flexibility index (Phi) is 3.39. The molecule has 18 heavy (non-hydrogen) atoms.